The molecule has 1 aromatic heterocycles. The Kier molecular flexibility index (Phi) is 6.33. The summed E-state index contributed by atoms with van der Waals surface area (Å²) in [5.41, 5.74) is 1.02. The van der Waals surface area contributed by atoms with Crippen LogP contribution in [0, 0.1) is 5.92 Å². The lowest BCUT2D eigenvalue weighted by Crippen LogP contribution is -2.19. The van der Waals surface area contributed by atoms with E-state index in [1.54, 1.807) is 6.20 Å². The summed E-state index contributed by atoms with van der Waals surface area (Å²) >= 11 is 0. The Balaban J connectivity index is 2.39. The van der Waals surface area contributed by atoms with Crippen molar-refractivity contribution in [2.45, 2.75) is 26.8 Å². The van der Waals surface area contributed by atoms with Gasteiger partial charge in [-0.3, -0.25) is 4.98 Å². The highest BCUT2D eigenvalue weighted by atomic mass is 16.5. The van der Waals surface area contributed by atoms with Crippen molar-refractivity contribution in [1.29, 1.82) is 0 Å². The Morgan fingerprint density at radius 2 is 2.35 bits per heavy atom. The first-order valence-corrected chi connectivity index (χ1v) is 6.11. The van der Waals surface area contributed by atoms with Gasteiger partial charge in [0, 0.05) is 18.8 Å². The molecule has 1 rings (SSSR count). The molecule has 0 atom stereocenters. The monoisotopic (exact) mass is 234 g/mol. The molecule has 0 saturated heterocycles. The highest BCUT2D eigenvalue weighted by molar-refractivity contribution is 5.22. The second-order valence-corrected chi connectivity index (χ2v) is 4.43. The summed E-state index contributed by atoms with van der Waals surface area (Å²) in [6, 6.07) is 3.87. The molecule has 1 N–H and O–H groups in total. The minimum absolute atomic E-state index is 0.655. The molecule has 94 valence electrons. The van der Waals surface area contributed by atoms with Crippen LogP contribution in [-0.2, 0) is 6.54 Å². The van der Waals surface area contributed by atoms with Gasteiger partial charge < -0.3 is 10.1 Å². The summed E-state index contributed by atoms with van der Waals surface area (Å²) in [4.78, 5) is 4.30. The largest absolute Gasteiger partial charge is 0.493 e. The normalized spacial score (nSPS) is 10.5. The number of hydrogen-bond acceptors (Lipinski definition) is 3. The number of pyridine rings is 1. The van der Waals surface area contributed by atoms with Gasteiger partial charge in [0.15, 0.2) is 0 Å². The first-order chi connectivity index (χ1) is 8.22. The van der Waals surface area contributed by atoms with Crippen LogP contribution < -0.4 is 10.1 Å². The molecular formula is C14H22N2O. The number of rotatable bonds is 8. The van der Waals surface area contributed by atoms with Gasteiger partial charge in [0.05, 0.1) is 12.3 Å². The molecule has 3 heteroatoms. The topological polar surface area (TPSA) is 34.1 Å². The Morgan fingerprint density at radius 3 is 3.06 bits per heavy atom. The van der Waals surface area contributed by atoms with Crippen molar-refractivity contribution >= 4 is 0 Å². The molecule has 17 heavy (non-hydrogen) atoms. The minimum Gasteiger partial charge on any atom is -0.493 e. The van der Waals surface area contributed by atoms with Crippen molar-refractivity contribution in [2.75, 3.05) is 13.2 Å². The van der Waals surface area contributed by atoms with Crippen LogP contribution in [0.2, 0.25) is 0 Å². The smallest absolute Gasteiger partial charge is 0.122 e. The molecule has 0 saturated carbocycles. The van der Waals surface area contributed by atoms with Gasteiger partial charge in [0.1, 0.15) is 5.75 Å². The lowest BCUT2D eigenvalue weighted by Gasteiger charge is -2.08. The molecule has 0 fully saturated rings. The predicted molar refractivity (Wildman–Crippen MR) is 71.1 cm³/mol. The van der Waals surface area contributed by atoms with Crippen LogP contribution >= 0.6 is 0 Å². The van der Waals surface area contributed by atoms with Gasteiger partial charge in [0.2, 0.25) is 0 Å². The fourth-order valence-corrected chi connectivity index (χ4v) is 1.39. The van der Waals surface area contributed by atoms with Crippen molar-refractivity contribution < 1.29 is 4.74 Å². The third kappa shape index (κ3) is 6.07. The highest BCUT2D eigenvalue weighted by Gasteiger charge is 1.99. The van der Waals surface area contributed by atoms with E-state index < -0.39 is 0 Å². The van der Waals surface area contributed by atoms with Crippen LogP contribution in [0.25, 0.3) is 0 Å². The maximum absolute atomic E-state index is 5.58. The van der Waals surface area contributed by atoms with Crippen LogP contribution in [0.5, 0.6) is 5.75 Å². The average Bonchev–Trinajstić information content (AvgIpc) is 2.29. The number of hydrogen-bond donors (Lipinski definition) is 1. The molecule has 0 aliphatic rings. The third-order valence-corrected chi connectivity index (χ3v) is 2.24. The highest BCUT2D eigenvalue weighted by Crippen LogP contribution is 2.11. The van der Waals surface area contributed by atoms with Crippen LogP contribution in [0.4, 0.5) is 0 Å². The summed E-state index contributed by atoms with van der Waals surface area (Å²) in [7, 11) is 0. The van der Waals surface area contributed by atoms with Gasteiger partial charge in [-0.05, 0) is 24.9 Å². The Bertz CT molecular complexity index is 337. The molecule has 0 aliphatic heterocycles. The van der Waals surface area contributed by atoms with Crippen molar-refractivity contribution in [3.05, 3.63) is 36.7 Å². The molecule has 0 aliphatic carbocycles. The summed E-state index contributed by atoms with van der Waals surface area (Å²) < 4.78 is 5.58. The number of nitrogens with zero attached hydrogens (tertiary/aromatic N) is 1. The molecule has 0 radical (unpaired) electrons. The first kappa shape index (κ1) is 13.7. The van der Waals surface area contributed by atoms with Crippen molar-refractivity contribution in [3.8, 4) is 5.75 Å². The van der Waals surface area contributed by atoms with E-state index in [9.17, 15) is 0 Å². The molecule has 0 aromatic carbocycles. The molecule has 1 aromatic rings. The first-order valence-electron chi connectivity index (χ1n) is 6.11. The summed E-state index contributed by atoms with van der Waals surface area (Å²) in [5.74, 6) is 1.53. The molecular weight excluding hydrogens is 212 g/mol. The molecule has 0 unspecified atom stereocenters. The second kappa shape index (κ2) is 7.85. The van der Waals surface area contributed by atoms with E-state index in [1.807, 2.05) is 18.2 Å². The lowest BCUT2D eigenvalue weighted by atomic mass is 10.2. The lowest BCUT2D eigenvalue weighted by molar-refractivity contribution is 0.324. The fourth-order valence-electron chi connectivity index (χ4n) is 1.39. The molecule has 1 heterocycles. The van der Waals surface area contributed by atoms with Gasteiger partial charge in [-0.2, -0.15) is 0 Å². The average molecular weight is 234 g/mol. The van der Waals surface area contributed by atoms with Gasteiger partial charge in [-0.25, -0.2) is 0 Å². The SMILES string of the molecule is C=CCCOc1ccnc(CNCC(C)C)c1. The summed E-state index contributed by atoms with van der Waals surface area (Å²) in [5, 5.41) is 3.36. The summed E-state index contributed by atoms with van der Waals surface area (Å²) in [6.45, 7) is 10.5. The molecule has 3 nitrogen and oxygen atoms in total. The van der Waals surface area contributed by atoms with Crippen LogP contribution in [0.1, 0.15) is 26.0 Å². The Hall–Kier alpha value is -1.35. The van der Waals surface area contributed by atoms with E-state index in [-0.39, 0.29) is 0 Å². The molecule has 0 spiro atoms. The minimum atomic E-state index is 0.655. The second-order valence-electron chi connectivity index (χ2n) is 4.43. The zero-order valence-electron chi connectivity index (χ0n) is 10.8. The maximum Gasteiger partial charge on any atom is 0.122 e. The van der Waals surface area contributed by atoms with E-state index in [0.717, 1.165) is 31.0 Å². The van der Waals surface area contributed by atoms with Gasteiger partial charge in [0.25, 0.3) is 0 Å². The van der Waals surface area contributed by atoms with Crippen LogP contribution in [0.3, 0.4) is 0 Å². The Labute approximate surface area is 104 Å². The van der Waals surface area contributed by atoms with E-state index in [1.165, 1.54) is 0 Å². The van der Waals surface area contributed by atoms with Crippen LogP contribution in [-0.4, -0.2) is 18.1 Å². The molecule has 0 amide bonds. The van der Waals surface area contributed by atoms with E-state index in [0.29, 0.717) is 12.5 Å². The Morgan fingerprint density at radius 1 is 1.53 bits per heavy atom. The maximum atomic E-state index is 5.58. The number of ether oxygens (including phenoxy) is 1. The standard InChI is InChI=1S/C14H22N2O/c1-4-5-8-17-14-6-7-16-13(9-14)11-15-10-12(2)3/h4,6-7,9,12,15H,1,5,8,10-11H2,2-3H3. The quantitative estimate of drug-likeness (QED) is 0.555. The third-order valence-electron chi connectivity index (χ3n) is 2.24. The van der Waals surface area contributed by atoms with Crippen molar-refractivity contribution in [3.63, 3.8) is 0 Å². The van der Waals surface area contributed by atoms with Gasteiger partial charge in [-0.1, -0.05) is 19.9 Å². The zero-order chi connectivity index (χ0) is 12.5. The predicted octanol–water partition coefficient (Wildman–Crippen LogP) is 2.78. The van der Waals surface area contributed by atoms with Gasteiger partial charge in [-0.15, -0.1) is 6.58 Å². The van der Waals surface area contributed by atoms with Crippen molar-refractivity contribution in [2.24, 2.45) is 5.92 Å². The zero-order valence-corrected chi connectivity index (χ0v) is 10.8. The van der Waals surface area contributed by atoms with E-state index >= 15 is 0 Å². The summed E-state index contributed by atoms with van der Waals surface area (Å²) in [6.07, 6.45) is 4.51. The van der Waals surface area contributed by atoms with Crippen LogP contribution in [0.15, 0.2) is 31.0 Å². The van der Waals surface area contributed by atoms with E-state index in [2.05, 4.69) is 30.7 Å². The number of aromatic nitrogens is 1. The van der Waals surface area contributed by atoms with Crippen molar-refractivity contribution in [1.82, 2.24) is 10.3 Å². The number of nitrogens with one attached hydrogen (secondary N) is 1. The van der Waals surface area contributed by atoms with Gasteiger partial charge >= 0.3 is 0 Å². The molecule has 0 bridgehead atoms. The van der Waals surface area contributed by atoms with E-state index in [4.69, 9.17) is 4.74 Å². The fraction of sp³-hybridized carbons (Fsp3) is 0.500.